The number of hydrogen-bond donors (Lipinski definition) is 0. The number of benzene rings is 1. The van der Waals surface area contributed by atoms with Crippen LogP contribution < -0.4 is 0 Å². The highest BCUT2D eigenvalue weighted by Crippen LogP contribution is 2.25. The molecule has 2 aromatic heterocycles. The second-order valence-electron chi connectivity index (χ2n) is 5.34. The molecule has 0 unspecified atom stereocenters. The van der Waals surface area contributed by atoms with Crippen LogP contribution in [-0.4, -0.2) is 27.8 Å². The number of fused-ring (bicyclic) bond motifs is 1. The number of nitrogens with zero attached hydrogens (tertiary/aromatic N) is 3. The molecule has 3 aromatic rings. The van der Waals surface area contributed by atoms with Gasteiger partial charge in [-0.1, -0.05) is 29.8 Å². The number of hydrogen-bond acceptors (Lipinski definition) is 4. The molecule has 23 heavy (non-hydrogen) atoms. The molecular weight excluding hydrogens is 314 g/mol. The molecule has 6 heteroatoms. The summed E-state index contributed by atoms with van der Waals surface area (Å²) in [6, 6.07) is 9.33. The molecule has 2 heterocycles. The molecule has 0 saturated heterocycles. The first-order chi connectivity index (χ1) is 11.0. The van der Waals surface area contributed by atoms with E-state index >= 15 is 0 Å². The van der Waals surface area contributed by atoms with Gasteiger partial charge in [0.2, 0.25) is 0 Å². The van der Waals surface area contributed by atoms with Gasteiger partial charge in [0.1, 0.15) is 0 Å². The van der Waals surface area contributed by atoms with Gasteiger partial charge in [0, 0.05) is 10.7 Å². The van der Waals surface area contributed by atoms with Crippen LogP contribution >= 0.6 is 11.6 Å². The molecule has 0 saturated carbocycles. The topological polar surface area (TPSA) is 57.0 Å². The van der Waals surface area contributed by atoms with Crippen LogP contribution in [0.1, 0.15) is 27.3 Å². The van der Waals surface area contributed by atoms with Gasteiger partial charge in [-0.25, -0.2) is 14.5 Å². The minimum atomic E-state index is -0.388. The maximum absolute atomic E-state index is 12.0. The molecule has 0 bridgehead atoms. The van der Waals surface area contributed by atoms with Crippen molar-refractivity contribution in [2.75, 3.05) is 7.11 Å². The highest BCUT2D eigenvalue weighted by Gasteiger charge is 2.19. The van der Waals surface area contributed by atoms with Gasteiger partial charge in [-0.05, 0) is 31.5 Å². The standard InChI is InChI=1S/C17H16ClN3O2/c1-10-8-13(17(22)23-3)15-11(2)20-21(16(15)19-10)9-12-6-4-5-7-14(12)18/h4-8H,9H2,1-3H3. The summed E-state index contributed by atoms with van der Waals surface area (Å²) in [7, 11) is 1.37. The van der Waals surface area contributed by atoms with Crippen LogP contribution in [0.25, 0.3) is 11.0 Å². The predicted octanol–water partition coefficient (Wildman–Crippen LogP) is 3.54. The van der Waals surface area contributed by atoms with E-state index in [0.29, 0.717) is 22.8 Å². The summed E-state index contributed by atoms with van der Waals surface area (Å²) < 4.78 is 6.65. The lowest BCUT2D eigenvalue weighted by Crippen LogP contribution is -2.06. The van der Waals surface area contributed by atoms with E-state index in [1.54, 1.807) is 10.7 Å². The summed E-state index contributed by atoms with van der Waals surface area (Å²) in [6.45, 7) is 4.18. The lowest BCUT2D eigenvalue weighted by molar-refractivity contribution is 0.0602. The number of methoxy groups -OCH3 is 1. The summed E-state index contributed by atoms with van der Waals surface area (Å²) in [4.78, 5) is 16.6. The van der Waals surface area contributed by atoms with Crippen molar-refractivity contribution in [3.8, 4) is 0 Å². The average molecular weight is 330 g/mol. The molecule has 0 spiro atoms. The van der Waals surface area contributed by atoms with E-state index in [9.17, 15) is 4.79 Å². The summed E-state index contributed by atoms with van der Waals surface area (Å²) in [5.74, 6) is -0.388. The number of carbonyl (C=O) groups excluding carboxylic acids is 1. The van der Waals surface area contributed by atoms with Crippen LogP contribution in [0.4, 0.5) is 0 Å². The number of rotatable bonds is 3. The predicted molar refractivity (Wildman–Crippen MR) is 88.9 cm³/mol. The van der Waals surface area contributed by atoms with E-state index in [0.717, 1.165) is 22.3 Å². The molecule has 3 rings (SSSR count). The number of halogens is 1. The molecule has 0 amide bonds. The van der Waals surface area contributed by atoms with Crippen molar-refractivity contribution in [2.45, 2.75) is 20.4 Å². The van der Waals surface area contributed by atoms with E-state index in [1.807, 2.05) is 38.1 Å². The molecule has 5 nitrogen and oxygen atoms in total. The summed E-state index contributed by atoms with van der Waals surface area (Å²) in [5, 5.41) is 5.93. The Bertz CT molecular complexity index is 902. The van der Waals surface area contributed by atoms with Crippen LogP contribution in [0.2, 0.25) is 5.02 Å². The fraction of sp³-hybridized carbons (Fsp3) is 0.235. The zero-order valence-electron chi connectivity index (χ0n) is 13.1. The SMILES string of the molecule is COC(=O)c1cc(C)nc2c1c(C)nn2Cc1ccccc1Cl. The van der Waals surface area contributed by atoms with E-state index in [1.165, 1.54) is 7.11 Å². The Hall–Kier alpha value is -2.40. The van der Waals surface area contributed by atoms with Gasteiger partial charge in [0.15, 0.2) is 5.65 Å². The number of ether oxygens (including phenoxy) is 1. The lowest BCUT2D eigenvalue weighted by Gasteiger charge is -2.07. The maximum Gasteiger partial charge on any atom is 0.338 e. The van der Waals surface area contributed by atoms with Crippen LogP contribution in [0, 0.1) is 13.8 Å². The van der Waals surface area contributed by atoms with Gasteiger partial charge >= 0.3 is 5.97 Å². The molecule has 0 aliphatic carbocycles. The monoisotopic (exact) mass is 329 g/mol. The summed E-state index contributed by atoms with van der Waals surface area (Å²) >= 11 is 6.23. The Morgan fingerprint density at radius 1 is 1.30 bits per heavy atom. The Morgan fingerprint density at radius 3 is 2.74 bits per heavy atom. The first-order valence-corrected chi connectivity index (χ1v) is 7.55. The first kappa shape index (κ1) is 15.5. The average Bonchev–Trinajstić information content (AvgIpc) is 2.84. The molecule has 0 atom stereocenters. The second-order valence-corrected chi connectivity index (χ2v) is 5.74. The van der Waals surface area contributed by atoms with E-state index in [4.69, 9.17) is 16.3 Å². The molecule has 0 aliphatic heterocycles. The van der Waals surface area contributed by atoms with Crippen molar-refractivity contribution in [1.29, 1.82) is 0 Å². The van der Waals surface area contributed by atoms with Crippen LogP contribution in [0.15, 0.2) is 30.3 Å². The Morgan fingerprint density at radius 2 is 2.04 bits per heavy atom. The number of pyridine rings is 1. The van der Waals surface area contributed by atoms with Crippen molar-refractivity contribution in [2.24, 2.45) is 0 Å². The van der Waals surface area contributed by atoms with Crippen LogP contribution in [-0.2, 0) is 11.3 Å². The zero-order chi connectivity index (χ0) is 16.6. The first-order valence-electron chi connectivity index (χ1n) is 7.17. The number of aryl methyl sites for hydroxylation is 2. The highest BCUT2D eigenvalue weighted by atomic mass is 35.5. The van der Waals surface area contributed by atoms with Gasteiger partial charge in [0.25, 0.3) is 0 Å². The largest absolute Gasteiger partial charge is 0.465 e. The van der Waals surface area contributed by atoms with Gasteiger partial charge in [-0.3, -0.25) is 0 Å². The third-order valence-corrected chi connectivity index (χ3v) is 4.06. The van der Waals surface area contributed by atoms with Crippen molar-refractivity contribution in [3.63, 3.8) is 0 Å². The Balaban J connectivity index is 2.18. The molecule has 1 aromatic carbocycles. The third-order valence-electron chi connectivity index (χ3n) is 3.69. The number of aromatic nitrogens is 3. The quantitative estimate of drug-likeness (QED) is 0.690. The number of carbonyl (C=O) groups is 1. The van der Waals surface area contributed by atoms with Gasteiger partial charge in [0.05, 0.1) is 30.3 Å². The molecule has 118 valence electrons. The van der Waals surface area contributed by atoms with Crippen molar-refractivity contribution < 1.29 is 9.53 Å². The fourth-order valence-electron chi connectivity index (χ4n) is 2.65. The smallest absolute Gasteiger partial charge is 0.338 e. The van der Waals surface area contributed by atoms with E-state index in [-0.39, 0.29) is 5.97 Å². The van der Waals surface area contributed by atoms with Crippen LogP contribution in [0.5, 0.6) is 0 Å². The van der Waals surface area contributed by atoms with E-state index in [2.05, 4.69) is 10.1 Å². The van der Waals surface area contributed by atoms with Crippen molar-refractivity contribution in [3.05, 3.63) is 57.9 Å². The lowest BCUT2D eigenvalue weighted by atomic mass is 10.1. The van der Waals surface area contributed by atoms with Crippen molar-refractivity contribution in [1.82, 2.24) is 14.8 Å². The number of esters is 1. The zero-order valence-corrected chi connectivity index (χ0v) is 13.9. The molecule has 0 aliphatic rings. The van der Waals surface area contributed by atoms with Gasteiger partial charge < -0.3 is 4.74 Å². The van der Waals surface area contributed by atoms with Crippen LogP contribution in [0.3, 0.4) is 0 Å². The third kappa shape index (κ3) is 2.80. The molecule has 0 N–H and O–H groups in total. The van der Waals surface area contributed by atoms with E-state index < -0.39 is 0 Å². The Kier molecular flexibility index (Phi) is 4.05. The summed E-state index contributed by atoms with van der Waals surface area (Å²) in [5.41, 5.74) is 3.56. The second kappa shape index (κ2) is 6.01. The molecule has 0 radical (unpaired) electrons. The Labute approximate surface area is 138 Å². The fourth-order valence-corrected chi connectivity index (χ4v) is 2.84. The minimum absolute atomic E-state index is 0.388. The highest BCUT2D eigenvalue weighted by molar-refractivity contribution is 6.31. The van der Waals surface area contributed by atoms with Crippen molar-refractivity contribution >= 4 is 28.6 Å². The molecular formula is C17H16ClN3O2. The van der Waals surface area contributed by atoms with Gasteiger partial charge in [-0.15, -0.1) is 0 Å². The maximum atomic E-state index is 12.0. The normalized spacial score (nSPS) is 11.0. The summed E-state index contributed by atoms with van der Waals surface area (Å²) in [6.07, 6.45) is 0. The van der Waals surface area contributed by atoms with Gasteiger partial charge in [-0.2, -0.15) is 5.10 Å². The minimum Gasteiger partial charge on any atom is -0.465 e. The molecule has 0 fully saturated rings.